The molecular formula is C25H22N2O4. The van der Waals surface area contributed by atoms with Crippen molar-refractivity contribution in [3.05, 3.63) is 78.4 Å². The van der Waals surface area contributed by atoms with Crippen molar-refractivity contribution in [1.82, 2.24) is 10.3 Å². The lowest BCUT2D eigenvalue weighted by Crippen LogP contribution is -2.31. The van der Waals surface area contributed by atoms with E-state index < -0.39 is 5.97 Å². The minimum absolute atomic E-state index is 0.357. The molecule has 31 heavy (non-hydrogen) atoms. The second-order valence-corrected chi connectivity index (χ2v) is 7.02. The number of pyridine rings is 1. The molecule has 6 heteroatoms. The maximum absolute atomic E-state index is 12.9. The quantitative estimate of drug-likeness (QED) is 0.366. The average Bonchev–Trinajstić information content (AvgIpc) is 2.81. The molecule has 1 N–H and O–H groups in total. The number of para-hydroxylation sites is 1. The number of esters is 1. The maximum Gasteiger partial charge on any atom is 0.339 e. The van der Waals surface area contributed by atoms with Gasteiger partial charge in [-0.3, -0.25) is 4.79 Å². The van der Waals surface area contributed by atoms with Gasteiger partial charge in [-0.05, 0) is 22.9 Å². The lowest BCUT2D eigenvalue weighted by Gasteiger charge is -2.12. The third-order valence-electron chi connectivity index (χ3n) is 4.96. The Morgan fingerprint density at radius 2 is 1.68 bits per heavy atom. The molecular weight excluding hydrogens is 392 g/mol. The number of ether oxygens (including phenoxy) is 2. The van der Waals surface area contributed by atoms with Crippen LogP contribution in [0, 0.1) is 0 Å². The molecule has 0 unspecified atom stereocenters. The van der Waals surface area contributed by atoms with Crippen LogP contribution in [0.2, 0.25) is 0 Å². The number of methoxy groups -OCH3 is 1. The molecule has 0 saturated carbocycles. The van der Waals surface area contributed by atoms with E-state index in [4.69, 9.17) is 14.5 Å². The van der Waals surface area contributed by atoms with E-state index in [9.17, 15) is 9.59 Å². The molecule has 156 valence electrons. The van der Waals surface area contributed by atoms with E-state index in [1.165, 1.54) is 0 Å². The summed E-state index contributed by atoms with van der Waals surface area (Å²) in [6.07, 6.45) is 0. The number of fused-ring (bicyclic) bond motifs is 2. The van der Waals surface area contributed by atoms with Crippen LogP contribution < -0.4 is 5.32 Å². The highest BCUT2D eigenvalue weighted by atomic mass is 16.5. The van der Waals surface area contributed by atoms with Gasteiger partial charge in [0.05, 0.1) is 23.4 Å². The first-order valence-electron chi connectivity index (χ1n) is 9.98. The highest BCUT2D eigenvalue weighted by Gasteiger charge is 2.17. The normalized spacial score (nSPS) is 10.9. The minimum atomic E-state index is -0.568. The second-order valence-electron chi connectivity index (χ2n) is 7.02. The Bertz CT molecular complexity index is 1250. The van der Waals surface area contributed by atoms with Gasteiger partial charge >= 0.3 is 5.97 Å². The number of hydrogen-bond donors (Lipinski definition) is 1. The molecule has 1 amide bonds. The van der Waals surface area contributed by atoms with Crippen LogP contribution in [0.5, 0.6) is 0 Å². The molecule has 0 aliphatic heterocycles. The molecule has 0 spiro atoms. The predicted octanol–water partition coefficient (Wildman–Crippen LogP) is 3.97. The van der Waals surface area contributed by atoms with E-state index >= 15 is 0 Å². The summed E-state index contributed by atoms with van der Waals surface area (Å²) in [7, 11) is 1.55. The zero-order valence-corrected chi connectivity index (χ0v) is 17.1. The first-order valence-corrected chi connectivity index (χ1v) is 9.98. The topological polar surface area (TPSA) is 77.5 Å². The summed E-state index contributed by atoms with van der Waals surface area (Å²) >= 11 is 0. The van der Waals surface area contributed by atoms with Gasteiger partial charge in [-0.15, -0.1) is 0 Å². The van der Waals surface area contributed by atoms with Crippen LogP contribution in [0.15, 0.2) is 72.8 Å². The van der Waals surface area contributed by atoms with Gasteiger partial charge in [-0.2, -0.15) is 0 Å². The molecule has 6 nitrogen and oxygen atoms in total. The van der Waals surface area contributed by atoms with Crippen LogP contribution in [0.4, 0.5) is 0 Å². The first kappa shape index (κ1) is 20.5. The zero-order valence-electron chi connectivity index (χ0n) is 17.1. The largest absolute Gasteiger partial charge is 0.452 e. The number of nitrogens with zero attached hydrogens (tertiary/aromatic N) is 1. The zero-order chi connectivity index (χ0) is 21.6. The predicted molar refractivity (Wildman–Crippen MR) is 120 cm³/mol. The van der Waals surface area contributed by atoms with Crippen LogP contribution in [-0.2, 0) is 14.3 Å². The van der Waals surface area contributed by atoms with E-state index in [-0.39, 0.29) is 12.5 Å². The Balaban J connectivity index is 1.69. The summed E-state index contributed by atoms with van der Waals surface area (Å²) in [6, 6.07) is 23.2. The number of carbonyl (C=O) groups is 2. The number of hydrogen-bond acceptors (Lipinski definition) is 5. The summed E-state index contributed by atoms with van der Waals surface area (Å²) in [5, 5.41) is 5.44. The minimum Gasteiger partial charge on any atom is -0.452 e. The SMILES string of the molecule is COCCNC(=O)COC(=O)c1cc(-c2cccc3ccccc23)nc2ccccc12. The summed E-state index contributed by atoms with van der Waals surface area (Å²) in [4.78, 5) is 29.6. The Morgan fingerprint density at radius 1 is 0.935 bits per heavy atom. The molecule has 4 rings (SSSR count). The summed E-state index contributed by atoms with van der Waals surface area (Å²) in [5.74, 6) is -0.944. The van der Waals surface area contributed by atoms with E-state index in [2.05, 4.69) is 5.32 Å². The Morgan fingerprint density at radius 3 is 2.52 bits per heavy atom. The fourth-order valence-electron chi connectivity index (χ4n) is 3.48. The van der Waals surface area contributed by atoms with Crippen LogP contribution in [-0.4, -0.2) is 43.7 Å². The van der Waals surface area contributed by atoms with Crippen molar-refractivity contribution in [2.45, 2.75) is 0 Å². The van der Waals surface area contributed by atoms with E-state index in [0.717, 1.165) is 16.3 Å². The molecule has 0 saturated heterocycles. The standard InChI is InChI=1S/C25H22N2O4/c1-30-14-13-26-24(28)16-31-25(29)21-15-23(27-22-12-5-4-10-20(21)22)19-11-6-8-17-7-2-3-9-18(17)19/h2-12,15H,13-14,16H2,1H3,(H,26,28). The number of rotatable bonds is 7. The molecule has 0 bridgehead atoms. The molecule has 0 atom stereocenters. The number of aromatic nitrogens is 1. The number of benzene rings is 3. The van der Waals surface area contributed by atoms with Crippen molar-refractivity contribution in [3.8, 4) is 11.3 Å². The number of nitrogens with one attached hydrogen (secondary N) is 1. The Hall–Kier alpha value is -3.77. The molecule has 4 aromatic rings. The van der Waals surface area contributed by atoms with E-state index in [1.807, 2.05) is 66.7 Å². The molecule has 0 radical (unpaired) electrons. The van der Waals surface area contributed by atoms with Gasteiger partial charge in [0.2, 0.25) is 0 Å². The van der Waals surface area contributed by atoms with Crippen molar-refractivity contribution in [1.29, 1.82) is 0 Å². The van der Waals surface area contributed by atoms with E-state index in [1.54, 1.807) is 13.2 Å². The van der Waals surface area contributed by atoms with Crippen LogP contribution >= 0.6 is 0 Å². The molecule has 3 aromatic carbocycles. The number of amides is 1. The van der Waals surface area contributed by atoms with Gasteiger partial charge in [0.15, 0.2) is 6.61 Å². The lowest BCUT2D eigenvalue weighted by atomic mass is 9.99. The maximum atomic E-state index is 12.9. The van der Waals surface area contributed by atoms with Crippen LogP contribution in [0.3, 0.4) is 0 Å². The smallest absolute Gasteiger partial charge is 0.339 e. The highest BCUT2D eigenvalue weighted by Crippen LogP contribution is 2.30. The van der Waals surface area contributed by atoms with Gasteiger partial charge < -0.3 is 14.8 Å². The number of carbonyl (C=O) groups excluding carboxylic acids is 2. The fourth-order valence-corrected chi connectivity index (χ4v) is 3.48. The van der Waals surface area contributed by atoms with Crippen molar-refractivity contribution >= 4 is 33.6 Å². The van der Waals surface area contributed by atoms with Crippen LogP contribution in [0.1, 0.15) is 10.4 Å². The fraction of sp³-hybridized carbons (Fsp3) is 0.160. The van der Waals surface area contributed by atoms with Gasteiger partial charge in [0.25, 0.3) is 5.91 Å². The molecule has 0 aliphatic carbocycles. The van der Waals surface area contributed by atoms with Gasteiger partial charge in [-0.25, -0.2) is 9.78 Å². The average molecular weight is 414 g/mol. The second kappa shape index (κ2) is 9.36. The third-order valence-corrected chi connectivity index (χ3v) is 4.96. The van der Waals surface area contributed by atoms with Crippen LogP contribution in [0.25, 0.3) is 32.9 Å². The summed E-state index contributed by atoms with van der Waals surface area (Å²) in [5.41, 5.74) is 2.66. The lowest BCUT2D eigenvalue weighted by molar-refractivity contribution is -0.124. The molecule has 0 aliphatic rings. The van der Waals surface area contributed by atoms with E-state index in [0.29, 0.717) is 35.3 Å². The van der Waals surface area contributed by atoms with Crippen molar-refractivity contribution < 1.29 is 19.1 Å². The first-order chi connectivity index (χ1) is 15.2. The van der Waals surface area contributed by atoms with Gasteiger partial charge in [0.1, 0.15) is 0 Å². The third kappa shape index (κ3) is 4.54. The highest BCUT2D eigenvalue weighted by molar-refractivity contribution is 6.06. The summed E-state index contributed by atoms with van der Waals surface area (Å²) < 4.78 is 10.2. The van der Waals surface area contributed by atoms with Crippen molar-refractivity contribution in [3.63, 3.8) is 0 Å². The molecule has 1 aromatic heterocycles. The van der Waals surface area contributed by atoms with Gasteiger partial charge in [0, 0.05) is 24.6 Å². The Kier molecular flexibility index (Phi) is 6.19. The Labute approximate surface area is 179 Å². The van der Waals surface area contributed by atoms with Gasteiger partial charge in [-0.1, -0.05) is 60.7 Å². The monoisotopic (exact) mass is 414 g/mol. The van der Waals surface area contributed by atoms with Crippen molar-refractivity contribution in [2.24, 2.45) is 0 Å². The van der Waals surface area contributed by atoms with Crippen molar-refractivity contribution in [2.75, 3.05) is 26.9 Å². The summed E-state index contributed by atoms with van der Waals surface area (Å²) in [6.45, 7) is 0.391. The molecule has 0 fully saturated rings. The molecule has 1 heterocycles.